The van der Waals surface area contributed by atoms with E-state index in [0.717, 1.165) is 31.4 Å². The Hall–Kier alpha value is -3.19. The van der Waals surface area contributed by atoms with E-state index in [9.17, 15) is 14.4 Å². The van der Waals surface area contributed by atoms with Gasteiger partial charge in [-0.05, 0) is 43.5 Å². The molecule has 4 N–H and O–H groups in total. The number of nitrogens with two attached hydrogens (primary N) is 1. The van der Waals surface area contributed by atoms with Crippen molar-refractivity contribution in [2.24, 2.45) is 5.73 Å². The number of rotatable bonds is 10. The van der Waals surface area contributed by atoms with Crippen molar-refractivity contribution >= 4 is 17.7 Å². The van der Waals surface area contributed by atoms with E-state index in [2.05, 4.69) is 15.5 Å². The lowest BCUT2D eigenvalue weighted by Gasteiger charge is -2.33. The summed E-state index contributed by atoms with van der Waals surface area (Å²) in [6.45, 7) is 2.02. The monoisotopic (exact) mass is 436 g/mol. The summed E-state index contributed by atoms with van der Waals surface area (Å²) < 4.78 is 0. The van der Waals surface area contributed by atoms with Crippen molar-refractivity contribution in [2.75, 3.05) is 19.6 Å². The number of nitrogens with one attached hydrogen (secondary N) is 2. The Morgan fingerprint density at radius 3 is 2.38 bits per heavy atom. The van der Waals surface area contributed by atoms with Gasteiger partial charge < -0.3 is 16.4 Å². The molecule has 7 nitrogen and oxygen atoms in total. The molecule has 3 rings (SSSR count). The number of piperidine rings is 1. The van der Waals surface area contributed by atoms with Crippen LogP contribution in [-0.2, 0) is 16.0 Å². The fraction of sp³-hybridized carbons (Fsp3) is 0.400. The zero-order chi connectivity index (χ0) is 22.8. The highest BCUT2D eigenvalue weighted by molar-refractivity contribution is 5.97. The van der Waals surface area contributed by atoms with Crippen LogP contribution in [0.4, 0.5) is 0 Å². The molecular formula is C25H32N4O3. The molecule has 1 saturated heterocycles. The molecule has 2 aromatic carbocycles. The fourth-order valence-corrected chi connectivity index (χ4v) is 4.09. The van der Waals surface area contributed by atoms with Crippen LogP contribution < -0.4 is 16.4 Å². The summed E-state index contributed by atoms with van der Waals surface area (Å²) in [7, 11) is 0. The van der Waals surface area contributed by atoms with Gasteiger partial charge in [0.2, 0.25) is 11.8 Å². The highest BCUT2D eigenvalue weighted by Gasteiger charge is 2.26. The van der Waals surface area contributed by atoms with Gasteiger partial charge in [0.25, 0.3) is 5.91 Å². The average molecular weight is 437 g/mol. The van der Waals surface area contributed by atoms with E-state index in [1.165, 1.54) is 0 Å². The van der Waals surface area contributed by atoms with Crippen LogP contribution in [0, 0.1) is 0 Å². The van der Waals surface area contributed by atoms with Gasteiger partial charge in [-0.15, -0.1) is 0 Å². The van der Waals surface area contributed by atoms with E-state index in [0.29, 0.717) is 31.5 Å². The molecule has 0 radical (unpaired) electrons. The van der Waals surface area contributed by atoms with Gasteiger partial charge in [-0.3, -0.25) is 19.3 Å². The molecule has 0 spiro atoms. The van der Waals surface area contributed by atoms with E-state index >= 15 is 0 Å². The highest BCUT2D eigenvalue weighted by Crippen LogP contribution is 2.16. The van der Waals surface area contributed by atoms with Crippen molar-refractivity contribution in [3.8, 4) is 0 Å². The SMILES string of the molecule is NC(=O)[C@@H]1CCCCN1CCCNC(=O)C(Cc1ccccc1)NC(=O)c1ccccc1. The third-order valence-electron chi connectivity index (χ3n) is 5.80. The van der Waals surface area contributed by atoms with Crippen LogP contribution in [0.2, 0.25) is 0 Å². The molecule has 0 saturated carbocycles. The second-order valence-electron chi connectivity index (χ2n) is 8.18. The van der Waals surface area contributed by atoms with Gasteiger partial charge >= 0.3 is 0 Å². The van der Waals surface area contributed by atoms with Gasteiger partial charge in [-0.2, -0.15) is 0 Å². The average Bonchev–Trinajstić information content (AvgIpc) is 2.82. The standard InChI is InChI=1S/C25H32N4O3/c26-23(30)22-14-7-8-16-29(22)17-9-15-27-25(32)21(18-19-10-3-1-4-11-19)28-24(31)20-12-5-2-6-13-20/h1-6,10-13,21-22H,7-9,14-18H2,(H2,26,30)(H,27,32)(H,28,31)/t21?,22-/m0/s1. The maximum absolute atomic E-state index is 12.9. The van der Waals surface area contributed by atoms with Crippen molar-refractivity contribution in [3.63, 3.8) is 0 Å². The molecule has 1 unspecified atom stereocenters. The predicted molar refractivity (Wildman–Crippen MR) is 124 cm³/mol. The third kappa shape index (κ3) is 6.92. The van der Waals surface area contributed by atoms with Gasteiger partial charge in [0, 0.05) is 25.1 Å². The van der Waals surface area contributed by atoms with Gasteiger partial charge in [0.1, 0.15) is 6.04 Å². The Balaban J connectivity index is 1.55. The smallest absolute Gasteiger partial charge is 0.251 e. The van der Waals surface area contributed by atoms with Gasteiger partial charge in [0.05, 0.1) is 6.04 Å². The molecule has 170 valence electrons. The normalized spacial score (nSPS) is 17.3. The van der Waals surface area contributed by atoms with Crippen LogP contribution >= 0.6 is 0 Å². The number of nitrogens with zero attached hydrogens (tertiary/aromatic N) is 1. The minimum atomic E-state index is -0.682. The number of carbonyl (C=O) groups is 3. The Morgan fingerprint density at radius 2 is 1.69 bits per heavy atom. The van der Waals surface area contributed by atoms with Crippen molar-refractivity contribution in [3.05, 3.63) is 71.8 Å². The largest absolute Gasteiger partial charge is 0.368 e. The molecule has 0 bridgehead atoms. The van der Waals surface area contributed by atoms with Crippen LogP contribution in [0.1, 0.15) is 41.6 Å². The van der Waals surface area contributed by atoms with E-state index in [1.54, 1.807) is 24.3 Å². The molecule has 1 fully saturated rings. The van der Waals surface area contributed by atoms with E-state index in [4.69, 9.17) is 5.73 Å². The molecule has 0 aromatic heterocycles. The molecule has 0 aliphatic carbocycles. The minimum Gasteiger partial charge on any atom is -0.368 e. The minimum absolute atomic E-state index is 0.213. The molecule has 1 aliphatic heterocycles. The molecular weight excluding hydrogens is 404 g/mol. The first-order valence-electron chi connectivity index (χ1n) is 11.3. The summed E-state index contributed by atoms with van der Waals surface area (Å²) >= 11 is 0. The van der Waals surface area contributed by atoms with E-state index in [1.807, 2.05) is 36.4 Å². The third-order valence-corrected chi connectivity index (χ3v) is 5.80. The second kappa shape index (κ2) is 12.0. The Bertz CT molecular complexity index is 889. The lowest BCUT2D eigenvalue weighted by Crippen LogP contribution is -2.50. The lowest BCUT2D eigenvalue weighted by atomic mass is 10.0. The summed E-state index contributed by atoms with van der Waals surface area (Å²) in [5, 5.41) is 5.82. The van der Waals surface area contributed by atoms with Crippen LogP contribution in [0.5, 0.6) is 0 Å². The number of likely N-dealkylation sites (tertiary alicyclic amines) is 1. The molecule has 1 aliphatic rings. The molecule has 1 heterocycles. The number of hydrogen-bond donors (Lipinski definition) is 3. The summed E-state index contributed by atoms with van der Waals surface area (Å²) in [5.41, 5.74) is 7.01. The lowest BCUT2D eigenvalue weighted by molar-refractivity contribution is -0.125. The molecule has 2 atom stereocenters. The van der Waals surface area contributed by atoms with Gasteiger partial charge in [-0.1, -0.05) is 55.0 Å². The van der Waals surface area contributed by atoms with Crippen LogP contribution in [0.15, 0.2) is 60.7 Å². The predicted octanol–water partition coefficient (Wildman–Crippen LogP) is 1.87. The first-order valence-corrected chi connectivity index (χ1v) is 11.3. The van der Waals surface area contributed by atoms with E-state index < -0.39 is 6.04 Å². The molecule has 3 amide bonds. The number of carbonyl (C=O) groups excluding carboxylic acids is 3. The first-order chi connectivity index (χ1) is 15.5. The number of hydrogen-bond acceptors (Lipinski definition) is 4. The van der Waals surface area contributed by atoms with Crippen LogP contribution in [-0.4, -0.2) is 54.3 Å². The van der Waals surface area contributed by atoms with Crippen LogP contribution in [0.3, 0.4) is 0 Å². The van der Waals surface area contributed by atoms with Crippen molar-refractivity contribution in [1.29, 1.82) is 0 Å². The highest BCUT2D eigenvalue weighted by atomic mass is 16.2. The van der Waals surface area contributed by atoms with Crippen molar-refractivity contribution in [2.45, 2.75) is 44.2 Å². The van der Waals surface area contributed by atoms with E-state index in [-0.39, 0.29) is 23.8 Å². The fourth-order valence-electron chi connectivity index (χ4n) is 4.09. The quantitative estimate of drug-likeness (QED) is 0.495. The molecule has 2 aromatic rings. The Morgan fingerprint density at radius 1 is 1.00 bits per heavy atom. The molecule has 7 heteroatoms. The zero-order valence-corrected chi connectivity index (χ0v) is 18.3. The van der Waals surface area contributed by atoms with Gasteiger partial charge in [-0.25, -0.2) is 0 Å². The zero-order valence-electron chi connectivity index (χ0n) is 18.3. The Kier molecular flexibility index (Phi) is 8.80. The topological polar surface area (TPSA) is 105 Å². The number of benzene rings is 2. The molecule has 32 heavy (non-hydrogen) atoms. The maximum atomic E-state index is 12.9. The van der Waals surface area contributed by atoms with Crippen LogP contribution in [0.25, 0.3) is 0 Å². The summed E-state index contributed by atoms with van der Waals surface area (Å²) in [5.74, 6) is -0.775. The van der Waals surface area contributed by atoms with Crippen molar-refractivity contribution < 1.29 is 14.4 Å². The number of primary amides is 1. The maximum Gasteiger partial charge on any atom is 0.251 e. The summed E-state index contributed by atoms with van der Waals surface area (Å²) in [4.78, 5) is 39.3. The Labute approximate surface area is 189 Å². The summed E-state index contributed by atoms with van der Waals surface area (Å²) in [6.07, 6.45) is 3.98. The van der Waals surface area contributed by atoms with Gasteiger partial charge in [0.15, 0.2) is 0 Å². The summed E-state index contributed by atoms with van der Waals surface area (Å²) in [6, 6.07) is 17.6. The first kappa shape index (κ1) is 23.5. The van der Waals surface area contributed by atoms with Crippen molar-refractivity contribution in [1.82, 2.24) is 15.5 Å². The number of amides is 3. The second-order valence-corrected chi connectivity index (χ2v) is 8.18.